The molecule has 0 fully saturated rings. The normalized spacial score (nSPS) is 11.0. The van der Waals surface area contributed by atoms with E-state index < -0.39 is 0 Å². The molecule has 32 heavy (non-hydrogen) atoms. The number of thiazole rings is 2. The summed E-state index contributed by atoms with van der Waals surface area (Å²) in [6, 6.07) is 20.2. The standard InChI is InChI=1S/C25H20N2O3S2/c1-28-19-13-15(14-20(29-2)23(19)30-3)12-16(24-26-17-8-4-6-10-21(17)31-24)25-27-18-9-5-7-11-22(18)32-25/h4-14H,1-3H3. The third kappa shape index (κ3) is 3.70. The van der Waals surface area contributed by atoms with Crippen molar-refractivity contribution in [2.45, 2.75) is 0 Å². The predicted molar refractivity (Wildman–Crippen MR) is 132 cm³/mol. The molecule has 0 radical (unpaired) electrons. The molecule has 0 saturated carbocycles. The van der Waals surface area contributed by atoms with Crippen LogP contribution < -0.4 is 14.2 Å². The number of ether oxygens (including phenoxy) is 3. The third-order valence-electron chi connectivity index (χ3n) is 5.05. The van der Waals surface area contributed by atoms with Gasteiger partial charge in [0, 0.05) is 5.57 Å². The lowest BCUT2D eigenvalue weighted by molar-refractivity contribution is 0.324. The van der Waals surface area contributed by atoms with Gasteiger partial charge < -0.3 is 14.2 Å². The SMILES string of the molecule is COc1cc(C=C(c2nc3ccccc3s2)c2nc3ccccc3s2)cc(OC)c1OC. The number of nitrogens with zero attached hydrogens (tertiary/aromatic N) is 2. The number of fused-ring (bicyclic) bond motifs is 2. The third-order valence-corrected chi connectivity index (χ3v) is 7.19. The van der Waals surface area contributed by atoms with Crippen molar-refractivity contribution >= 4 is 54.8 Å². The van der Waals surface area contributed by atoms with Crippen LogP contribution in [-0.4, -0.2) is 31.3 Å². The van der Waals surface area contributed by atoms with Crippen LogP contribution in [0.2, 0.25) is 0 Å². The number of hydrogen-bond acceptors (Lipinski definition) is 7. The van der Waals surface area contributed by atoms with Crippen LogP contribution in [0.1, 0.15) is 15.6 Å². The maximum absolute atomic E-state index is 5.55. The summed E-state index contributed by atoms with van der Waals surface area (Å²) in [6.45, 7) is 0. The Labute approximate surface area is 193 Å². The Balaban J connectivity index is 1.73. The van der Waals surface area contributed by atoms with E-state index >= 15 is 0 Å². The molecule has 7 heteroatoms. The second-order valence-corrected chi connectivity index (χ2v) is 9.05. The summed E-state index contributed by atoms with van der Waals surface area (Å²) in [5, 5.41) is 1.83. The van der Waals surface area contributed by atoms with Crippen molar-refractivity contribution in [3.05, 3.63) is 76.2 Å². The molecule has 160 valence electrons. The zero-order valence-electron chi connectivity index (χ0n) is 17.8. The zero-order valence-corrected chi connectivity index (χ0v) is 19.4. The van der Waals surface area contributed by atoms with E-state index in [2.05, 4.69) is 18.2 Å². The Kier molecular flexibility index (Phi) is 5.51. The number of para-hydroxylation sites is 2. The van der Waals surface area contributed by atoms with Gasteiger partial charge in [-0.1, -0.05) is 24.3 Å². The lowest BCUT2D eigenvalue weighted by Crippen LogP contribution is -1.96. The predicted octanol–water partition coefficient (Wildman–Crippen LogP) is 6.52. The van der Waals surface area contributed by atoms with Crippen molar-refractivity contribution in [1.29, 1.82) is 0 Å². The maximum Gasteiger partial charge on any atom is 0.203 e. The summed E-state index contributed by atoms with van der Waals surface area (Å²) in [5.41, 5.74) is 3.82. The highest BCUT2D eigenvalue weighted by Crippen LogP contribution is 2.41. The molecule has 5 nitrogen and oxygen atoms in total. The van der Waals surface area contributed by atoms with Crippen molar-refractivity contribution in [3.63, 3.8) is 0 Å². The van der Waals surface area contributed by atoms with Crippen LogP contribution in [-0.2, 0) is 0 Å². The van der Waals surface area contributed by atoms with Crippen LogP contribution in [0.5, 0.6) is 17.2 Å². The van der Waals surface area contributed by atoms with Gasteiger partial charge in [0.2, 0.25) is 5.75 Å². The van der Waals surface area contributed by atoms with E-state index in [0.717, 1.165) is 41.6 Å². The minimum Gasteiger partial charge on any atom is -0.493 e. The Morgan fingerprint density at radius 2 is 1.22 bits per heavy atom. The molecule has 0 saturated heterocycles. The molecule has 0 bridgehead atoms. The van der Waals surface area contributed by atoms with Gasteiger partial charge in [0.25, 0.3) is 0 Å². The Morgan fingerprint density at radius 3 is 1.66 bits per heavy atom. The number of aromatic nitrogens is 2. The smallest absolute Gasteiger partial charge is 0.203 e. The molecule has 0 N–H and O–H groups in total. The fraction of sp³-hybridized carbons (Fsp3) is 0.120. The molecule has 5 aromatic rings. The van der Waals surface area contributed by atoms with Crippen molar-refractivity contribution in [1.82, 2.24) is 9.97 Å². The monoisotopic (exact) mass is 460 g/mol. The number of benzene rings is 3. The summed E-state index contributed by atoms with van der Waals surface area (Å²) in [5.74, 6) is 1.77. The second-order valence-electron chi connectivity index (χ2n) is 6.99. The molecule has 0 aliphatic rings. The molecular weight excluding hydrogens is 440 g/mol. The van der Waals surface area contributed by atoms with Gasteiger partial charge in [-0.25, -0.2) is 9.97 Å². The fourth-order valence-corrected chi connectivity index (χ4v) is 5.57. The molecule has 2 heterocycles. The highest BCUT2D eigenvalue weighted by molar-refractivity contribution is 7.22. The highest BCUT2D eigenvalue weighted by Gasteiger charge is 2.18. The minimum atomic E-state index is 0.564. The van der Waals surface area contributed by atoms with E-state index in [0.29, 0.717) is 17.2 Å². The molecule has 5 rings (SSSR count). The first-order valence-electron chi connectivity index (χ1n) is 9.93. The minimum absolute atomic E-state index is 0.564. The van der Waals surface area contributed by atoms with Crippen LogP contribution >= 0.6 is 22.7 Å². The molecule has 0 aliphatic carbocycles. The first-order valence-corrected chi connectivity index (χ1v) is 11.6. The molecule has 0 unspecified atom stereocenters. The van der Waals surface area contributed by atoms with Crippen LogP contribution in [0.15, 0.2) is 60.7 Å². The summed E-state index contributed by atoms with van der Waals surface area (Å²) >= 11 is 3.31. The summed E-state index contributed by atoms with van der Waals surface area (Å²) < 4.78 is 18.8. The molecule has 0 amide bonds. The average molecular weight is 461 g/mol. The van der Waals surface area contributed by atoms with E-state index in [1.807, 2.05) is 48.5 Å². The van der Waals surface area contributed by atoms with Gasteiger partial charge in [0.15, 0.2) is 11.5 Å². The lowest BCUT2D eigenvalue weighted by Gasteiger charge is -2.13. The van der Waals surface area contributed by atoms with Gasteiger partial charge in [-0.05, 0) is 48.0 Å². The van der Waals surface area contributed by atoms with Crippen LogP contribution in [0.4, 0.5) is 0 Å². The van der Waals surface area contributed by atoms with Gasteiger partial charge in [-0.2, -0.15) is 0 Å². The number of hydrogen-bond donors (Lipinski definition) is 0. The zero-order chi connectivity index (χ0) is 22.1. The quantitative estimate of drug-likeness (QED) is 0.289. The summed E-state index contributed by atoms with van der Waals surface area (Å²) in [4.78, 5) is 9.81. The Hall–Kier alpha value is -3.42. The first-order chi connectivity index (χ1) is 15.7. The fourth-order valence-electron chi connectivity index (χ4n) is 3.54. The summed E-state index contributed by atoms with van der Waals surface area (Å²) in [7, 11) is 4.84. The molecule has 2 aromatic heterocycles. The van der Waals surface area contributed by atoms with Gasteiger partial charge in [-0.3, -0.25) is 0 Å². The number of methoxy groups -OCH3 is 3. The van der Waals surface area contributed by atoms with Crippen molar-refractivity contribution in [2.75, 3.05) is 21.3 Å². The largest absolute Gasteiger partial charge is 0.493 e. The van der Waals surface area contributed by atoms with E-state index in [4.69, 9.17) is 24.2 Å². The highest BCUT2D eigenvalue weighted by atomic mass is 32.1. The van der Waals surface area contributed by atoms with E-state index in [9.17, 15) is 0 Å². The Bertz CT molecular complexity index is 1290. The topological polar surface area (TPSA) is 53.5 Å². The second kappa shape index (κ2) is 8.61. The van der Waals surface area contributed by atoms with Gasteiger partial charge >= 0.3 is 0 Å². The Morgan fingerprint density at radius 1 is 0.719 bits per heavy atom. The van der Waals surface area contributed by atoms with Gasteiger partial charge in [0.1, 0.15) is 10.0 Å². The molecule has 0 atom stereocenters. The van der Waals surface area contributed by atoms with E-state index in [-0.39, 0.29) is 0 Å². The van der Waals surface area contributed by atoms with Crippen molar-refractivity contribution < 1.29 is 14.2 Å². The van der Waals surface area contributed by atoms with Crippen LogP contribution in [0, 0.1) is 0 Å². The van der Waals surface area contributed by atoms with E-state index in [1.165, 1.54) is 0 Å². The van der Waals surface area contributed by atoms with Crippen LogP contribution in [0.25, 0.3) is 32.1 Å². The lowest BCUT2D eigenvalue weighted by atomic mass is 10.1. The maximum atomic E-state index is 5.55. The van der Waals surface area contributed by atoms with Crippen molar-refractivity contribution in [3.8, 4) is 17.2 Å². The van der Waals surface area contributed by atoms with Gasteiger partial charge in [-0.15, -0.1) is 22.7 Å². The first kappa shape index (κ1) is 20.5. The molecule has 0 spiro atoms. The molecule has 0 aliphatic heterocycles. The summed E-state index contributed by atoms with van der Waals surface area (Å²) in [6.07, 6.45) is 2.08. The molecule has 3 aromatic carbocycles. The van der Waals surface area contributed by atoms with E-state index in [1.54, 1.807) is 44.0 Å². The van der Waals surface area contributed by atoms with Crippen molar-refractivity contribution in [2.24, 2.45) is 0 Å². The van der Waals surface area contributed by atoms with Crippen LogP contribution in [0.3, 0.4) is 0 Å². The average Bonchev–Trinajstić information content (AvgIpc) is 3.45. The molecular formula is C25H20N2O3S2. The number of rotatable bonds is 6. The van der Waals surface area contributed by atoms with Gasteiger partial charge in [0.05, 0.1) is 41.8 Å².